The van der Waals surface area contributed by atoms with Crippen LogP contribution in [0.1, 0.15) is 30.3 Å². The average molecular weight is 509 g/mol. The van der Waals surface area contributed by atoms with E-state index < -0.39 is 10.0 Å². The second-order valence-corrected chi connectivity index (χ2v) is 11.8. The smallest absolute Gasteiger partial charge is 0.252 e. The van der Waals surface area contributed by atoms with Crippen molar-refractivity contribution in [3.63, 3.8) is 0 Å². The lowest BCUT2D eigenvalue weighted by molar-refractivity contribution is 0.174. The molecular formula is C25H24N4O4S2. The van der Waals surface area contributed by atoms with Crippen LogP contribution in [0, 0.1) is 6.92 Å². The summed E-state index contributed by atoms with van der Waals surface area (Å²) in [5.41, 5.74) is 4.28. The van der Waals surface area contributed by atoms with Gasteiger partial charge in [-0.25, -0.2) is 13.4 Å². The molecule has 1 saturated heterocycles. The molecule has 6 rings (SSSR count). The lowest BCUT2D eigenvalue weighted by Gasteiger charge is -2.29. The number of piperidine rings is 1. The third kappa shape index (κ3) is 4.11. The first-order valence-corrected chi connectivity index (χ1v) is 13.8. The number of nitrogens with one attached hydrogen (secondary N) is 1. The zero-order valence-electron chi connectivity index (χ0n) is 19.1. The molecule has 0 amide bonds. The first-order valence-electron chi connectivity index (χ1n) is 11.5. The summed E-state index contributed by atoms with van der Waals surface area (Å²) in [6, 6.07) is 15.2. The zero-order valence-corrected chi connectivity index (χ0v) is 20.7. The number of hydrogen-bond acceptors (Lipinski definition) is 7. The molecule has 1 aromatic carbocycles. The zero-order chi connectivity index (χ0) is 24.0. The molecule has 180 valence electrons. The first-order chi connectivity index (χ1) is 17.0. The molecule has 5 heterocycles. The SMILES string of the molecule is Cc1cccc(-c2[nH]c(C3CCN(S(=O)(=O)c4cccs4)CC3)nc2-c2ccc3c(c2)OCO3)n1. The Morgan fingerprint density at radius 1 is 1.03 bits per heavy atom. The largest absolute Gasteiger partial charge is 0.454 e. The van der Waals surface area contributed by atoms with Gasteiger partial charge in [0.2, 0.25) is 6.79 Å². The van der Waals surface area contributed by atoms with E-state index in [0.717, 1.165) is 39.9 Å². The summed E-state index contributed by atoms with van der Waals surface area (Å²) >= 11 is 1.26. The lowest BCUT2D eigenvalue weighted by Crippen LogP contribution is -2.37. The summed E-state index contributed by atoms with van der Waals surface area (Å²) < 4.78 is 38.9. The molecule has 4 aromatic rings. The Bertz CT molecular complexity index is 1470. The molecule has 3 aromatic heterocycles. The molecule has 0 aliphatic carbocycles. The van der Waals surface area contributed by atoms with Crippen LogP contribution in [-0.2, 0) is 10.0 Å². The van der Waals surface area contributed by atoms with Gasteiger partial charge in [0, 0.05) is 30.3 Å². The minimum atomic E-state index is -3.44. The highest BCUT2D eigenvalue weighted by atomic mass is 32.2. The minimum Gasteiger partial charge on any atom is -0.454 e. The lowest BCUT2D eigenvalue weighted by atomic mass is 9.97. The van der Waals surface area contributed by atoms with Crippen molar-refractivity contribution in [1.29, 1.82) is 0 Å². The van der Waals surface area contributed by atoms with Gasteiger partial charge in [-0.15, -0.1) is 11.3 Å². The number of H-pyrrole nitrogens is 1. The fourth-order valence-corrected chi connectivity index (χ4v) is 7.23. The van der Waals surface area contributed by atoms with E-state index in [9.17, 15) is 8.42 Å². The quantitative estimate of drug-likeness (QED) is 0.416. The molecule has 1 N–H and O–H groups in total. The molecular weight excluding hydrogens is 484 g/mol. The van der Waals surface area contributed by atoms with Gasteiger partial charge in [-0.2, -0.15) is 4.31 Å². The first kappa shape index (κ1) is 22.3. The molecule has 35 heavy (non-hydrogen) atoms. The van der Waals surface area contributed by atoms with E-state index in [1.165, 1.54) is 11.3 Å². The van der Waals surface area contributed by atoms with Crippen molar-refractivity contribution in [2.75, 3.05) is 19.9 Å². The Labute approximate surface area is 207 Å². The van der Waals surface area contributed by atoms with Crippen LogP contribution >= 0.6 is 11.3 Å². The van der Waals surface area contributed by atoms with E-state index in [1.54, 1.807) is 21.8 Å². The molecule has 2 aliphatic heterocycles. The monoisotopic (exact) mass is 508 g/mol. The number of hydrogen-bond donors (Lipinski definition) is 1. The van der Waals surface area contributed by atoms with Crippen molar-refractivity contribution >= 4 is 21.4 Å². The molecule has 0 radical (unpaired) electrons. The minimum absolute atomic E-state index is 0.121. The van der Waals surface area contributed by atoms with Gasteiger partial charge in [0.1, 0.15) is 10.0 Å². The Kier molecular flexibility index (Phi) is 5.58. The molecule has 0 bridgehead atoms. The van der Waals surface area contributed by atoms with Gasteiger partial charge in [-0.1, -0.05) is 12.1 Å². The number of sulfonamides is 1. The molecule has 2 aliphatic rings. The number of nitrogens with zero attached hydrogens (tertiary/aromatic N) is 3. The third-order valence-electron chi connectivity index (χ3n) is 6.44. The van der Waals surface area contributed by atoms with Crippen LogP contribution < -0.4 is 9.47 Å². The van der Waals surface area contributed by atoms with Gasteiger partial charge >= 0.3 is 0 Å². The summed E-state index contributed by atoms with van der Waals surface area (Å²) in [4.78, 5) is 13.3. The van der Waals surface area contributed by atoms with E-state index in [4.69, 9.17) is 19.4 Å². The van der Waals surface area contributed by atoms with E-state index >= 15 is 0 Å². The second kappa shape index (κ2) is 8.78. The summed E-state index contributed by atoms with van der Waals surface area (Å²) in [6.07, 6.45) is 1.39. The maximum atomic E-state index is 12.9. The number of aromatic nitrogens is 3. The molecule has 8 nitrogen and oxygen atoms in total. The third-order valence-corrected chi connectivity index (χ3v) is 9.71. The van der Waals surface area contributed by atoms with E-state index in [-0.39, 0.29) is 12.7 Å². The van der Waals surface area contributed by atoms with Gasteiger partial charge in [0.25, 0.3) is 10.0 Å². The summed E-state index contributed by atoms with van der Waals surface area (Å²) in [6.45, 7) is 3.10. The predicted molar refractivity (Wildman–Crippen MR) is 133 cm³/mol. The van der Waals surface area contributed by atoms with Crippen molar-refractivity contribution in [3.8, 4) is 34.1 Å². The maximum absolute atomic E-state index is 12.9. The van der Waals surface area contributed by atoms with Crippen LogP contribution in [0.3, 0.4) is 0 Å². The normalized spacial score (nSPS) is 16.6. The van der Waals surface area contributed by atoms with Gasteiger partial charge in [0.15, 0.2) is 11.5 Å². The number of ether oxygens (including phenoxy) is 2. The number of pyridine rings is 1. The Balaban J connectivity index is 1.32. The molecule has 0 saturated carbocycles. The van der Waals surface area contributed by atoms with Crippen molar-refractivity contribution in [1.82, 2.24) is 19.3 Å². The number of fused-ring (bicyclic) bond motifs is 1. The summed E-state index contributed by atoms with van der Waals surface area (Å²) in [7, 11) is -3.44. The maximum Gasteiger partial charge on any atom is 0.252 e. The average Bonchev–Trinajstić information content (AvgIpc) is 3.64. The highest BCUT2D eigenvalue weighted by molar-refractivity contribution is 7.91. The standard InChI is InChI=1S/C25H24N4O4S2/c1-16-4-2-5-19(26-16)24-23(18-7-8-20-21(14-18)33-15-32-20)27-25(28-24)17-9-11-29(12-10-17)35(30,31)22-6-3-13-34-22/h2-8,13-14,17H,9-12,15H2,1H3,(H,27,28). The van der Waals surface area contributed by atoms with Crippen molar-refractivity contribution in [2.45, 2.75) is 29.9 Å². The number of benzene rings is 1. The van der Waals surface area contributed by atoms with Crippen LogP contribution in [-0.4, -0.2) is 47.6 Å². The Hall–Kier alpha value is -3.21. The Morgan fingerprint density at radius 3 is 2.63 bits per heavy atom. The highest BCUT2D eigenvalue weighted by Gasteiger charge is 2.32. The highest BCUT2D eigenvalue weighted by Crippen LogP contribution is 2.40. The van der Waals surface area contributed by atoms with Crippen molar-refractivity contribution in [3.05, 3.63) is 65.4 Å². The van der Waals surface area contributed by atoms with Crippen LogP contribution in [0.5, 0.6) is 11.5 Å². The van der Waals surface area contributed by atoms with Gasteiger partial charge in [0.05, 0.1) is 17.1 Å². The number of aryl methyl sites for hydroxylation is 1. The van der Waals surface area contributed by atoms with Gasteiger partial charge in [-0.05, 0) is 61.5 Å². The van der Waals surface area contributed by atoms with E-state index in [2.05, 4.69) is 4.98 Å². The fraction of sp³-hybridized carbons (Fsp3) is 0.280. The predicted octanol–water partition coefficient (Wildman–Crippen LogP) is 4.81. The Morgan fingerprint density at radius 2 is 1.86 bits per heavy atom. The molecule has 0 atom stereocenters. The van der Waals surface area contributed by atoms with Crippen LogP contribution in [0.4, 0.5) is 0 Å². The van der Waals surface area contributed by atoms with Crippen molar-refractivity contribution < 1.29 is 17.9 Å². The van der Waals surface area contributed by atoms with Gasteiger partial charge in [-0.3, -0.25) is 4.98 Å². The van der Waals surface area contributed by atoms with Crippen LogP contribution in [0.25, 0.3) is 22.6 Å². The topological polar surface area (TPSA) is 97.4 Å². The molecule has 1 fully saturated rings. The molecule has 10 heteroatoms. The van der Waals surface area contributed by atoms with Gasteiger partial charge < -0.3 is 14.5 Å². The number of imidazole rings is 1. The van der Waals surface area contributed by atoms with Crippen LogP contribution in [0.15, 0.2) is 58.1 Å². The second-order valence-electron chi connectivity index (χ2n) is 8.69. The van der Waals surface area contributed by atoms with Crippen LogP contribution in [0.2, 0.25) is 0 Å². The summed E-state index contributed by atoms with van der Waals surface area (Å²) in [5, 5.41) is 1.79. The van der Waals surface area contributed by atoms with Crippen molar-refractivity contribution in [2.24, 2.45) is 0 Å². The molecule has 0 spiro atoms. The number of aromatic amines is 1. The molecule has 0 unspecified atom stereocenters. The fourth-order valence-electron chi connectivity index (χ4n) is 4.61. The van der Waals surface area contributed by atoms with E-state index in [1.807, 2.05) is 43.3 Å². The number of rotatable bonds is 5. The summed E-state index contributed by atoms with van der Waals surface area (Å²) in [5.74, 6) is 2.39. The van der Waals surface area contributed by atoms with E-state index in [0.29, 0.717) is 35.9 Å². The number of thiophene rings is 1.